The molecule has 2 aliphatic rings. The van der Waals surface area contributed by atoms with Gasteiger partial charge in [0.1, 0.15) is 11.6 Å². The second-order valence-corrected chi connectivity index (χ2v) is 6.18. The van der Waals surface area contributed by atoms with Gasteiger partial charge in [-0.3, -0.25) is 0 Å². The summed E-state index contributed by atoms with van der Waals surface area (Å²) >= 11 is 0. The molecule has 1 aromatic rings. The number of aromatic nitrogens is 2. The van der Waals surface area contributed by atoms with Crippen LogP contribution in [0.2, 0.25) is 0 Å². The van der Waals surface area contributed by atoms with Gasteiger partial charge in [-0.2, -0.15) is 0 Å². The van der Waals surface area contributed by atoms with Gasteiger partial charge in [0.05, 0.1) is 0 Å². The van der Waals surface area contributed by atoms with Crippen LogP contribution < -0.4 is 11.3 Å². The van der Waals surface area contributed by atoms with Crippen LogP contribution in [0.4, 0.5) is 5.82 Å². The lowest BCUT2D eigenvalue weighted by molar-refractivity contribution is 0.583. The first-order valence-electron chi connectivity index (χ1n) is 7.64. The predicted molar refractivity (Wildman–Crippen MR) is 76.9 cm³/mol. The monoisotopic (exact) mass is 260 g/mol. The summed E-state index contributed by atoms with van der Waals surface area (Å²) in [5.74, 6) is 8.93. The van der Waals surface area contributed by atoms with Crippen LogP contribution in [0, 0.1) is 5.92 Å². The van der Waals surface area contributed by atoms with Crippen molar-refractivity contribution in [3.05, 3.63) is 17.1 Å². The Labute approximate surface area is 115 Å². The van der Waals surface area contributed by atoms with Crippen molar-refractivity contribution < 1.29 is 0 Å². The summed E-state index contributed by atoms with van der Waals surface area (Å²) in [6.45, 7) is 2.32. The Hall–Kier alpha value is -1.16. The summed E-state index contributed by atoms with van der Waals surface area (Å²) in [6.07, 6.45) is 9.66. The van der Waals surface area contributed by atoms with Gasteiger partial charge in [-0.05, 0) is 50.9 Å². The molecule has 19 heavy (non-hydrogen) atoms. The second-order valence-electron chi connectivity index (χ2n) is 6.18. The van der Waals surface area contributed by atoms with Gasteiger partial charge in [-0.1, -0.05) is 13.3 Å². The Morgan fingerprint density at radius 2 is 1.95 bits per heavy atom. The minimum absolute atomic E-state index is 0.538. The molecule has 0 spiro atoms. The van der Waals surface area contributed by atoms with Crippen LogP contribution in [0.1, 0.15) is 68.4 Å². The number of nitrogens with two attached hydrogens (primary N) is 1. The molecule has 2 aliphatic carbocycles. The molecular formula is C15H24N4. The molecule has 2 unspecified atom stereocenters. The molecule has 104 valence electrons. The molecule has 1 heterocycles. The molecular weight excluding hydrogens is 236 g/mol. The number of aryl methyl sites for hydroxylation is 1. The third-order valence-electron chi connectivity index (χ3n) is 4.65. The highest BCUT2D eigenvalue weighted by atomic mass is 15.3. The molecule has 0 bridgehead atoms. The first kappa shape index (κ1) is 12.9. The number of anilines is 1. The average Bonchev–Trinajstić information content (AvgIpc) is 2.72. The van der Waals surface area contributed by atoms with Crippen LogP contribution in [0.15, 0.2) is 0 Å². The molecule has 0 aromatic carbocycles. The molecule has 0 saturated heterocycles. The van der Waals surface area contributed by atoms with E-state index in [2.05, 4.69) is 12.3 Å². The summed E-state index contributed by atoms with van der Waals surface area (Å²) in [5.41, 5.74) is 5.31. The van der Waals surface area contributed by atoms with Crippen molar-refractivity contribution in [1.82, 2.24) is 9.97 Å². The third kappa shape index (κ3) is 2.59. The van der Waals surface area contributed by atoms with E-state index < -0.39 is 0 Å². The van der Waals surface area contributed by atoms with E-state index in [0.29, 0.717) is 5.92 Å². The normalized spacial score (nSPS) is 26.8. The fourth-order valence-corrected chi connectivity index (χ4v) is 3.53. The third-order valence-corrected chi connectivity index (χ3v) is 4.65. The zero-order valence-corrected chi connectivity index (χ0v) is 11.8. The van der Waals surface area contributed by atoms with E-state index in [1.807, 2.05) is 0 Å². The van der Waals surface area contributed by atoms with Gasteiger partial charge < -0.3 is 5.43 Å². The predicted octanol–water partition coefficient (Wildman–Crippen LogP) is 2.93. The minimum atomic E-state index is 0.538. The van der Waals surface area contributed by atoms with Crippen LogP contribution >= 0.6 is 0 Å². The van der Waals surface area contributed by atoms with Crippen molar-refractivity contribution in [2.45, 2.75) is 64.2 Å². The van der Waals surface area contributed by atoms with Gasteiger partial charge in [0, 0.05) is 17.2 Å². The highest BCUT2D eigenvalue weighted by Crippen LogP contribution is 2.37. The van der Waals surface area contributed by atoms with Crippen molar-refractivity contribution in [2.24, 2.45) is 11.8 Å². The summed E-state index contributed by atoms with van der Waals surface area (Å²) in [4.78, 5) is 9.61. The number of hydrogen-bond acceptors (Lipinski definition) is 4. The van der Waals surface area contributed by atoms with Gasteiger partial charge in [-0.15, -0.1) is 0 Å². The van der Waals surface area contributed by atoms with Crippen molar-refractivity contribution in [3.63, 3.8) is 0 Å². The lowest BCUT2D eigenvalue weighted by Crippen LogP contribution is -2.16. The highest BCUT2D eigenvalue weighted by molar-refractivity contribution is 5.46. The Balaban J connectivity index is 1.95. The lowest BCUT2D eigenvalue weighted by atomic mass is 10.0. The maximum absolute atomic E-state index is 5.68. The molecule has 4 heteroatoms. The van der Waals surface area contributed by atoms with Crippen molar-refractivity contribution in [1.29, 1.82) is 0 Å². The Kier molecular flexibility index (Phi) is 3.69. The fraction of sp³-hybridized carbons (Fsp3) is 0.733. The summed E-state index contributed by atoms with van der Waals surface area (Å²) in [6, 6.07) is 0. The molecule has 3 N–H and O–H groups in total. The number of fused-ring (bicyclic) bond motifs is 1. The van der Waals surface area contributed by atoms with Gasteiger partial charge in [0.15, 0.2) is 0 Å². The smallest absolute Gasteiger partial charge is 0.147 e. The molecule has 0 aliphatic heterocycles. The summed E-state index contributed by atoms with van der Waals surface area (Å²) in [5, 5.41) is 0. The summed E-state index contributed by atoms with van der Waals surface area (Å²) in [7, 11) is 0. The molecule has 0 amide bonds. The fourth-order valence-electron chi connectivity index (χ4n) is 3.53. The van der Waals surface area contributed by atoms with E-state index in [4.69, 9.17) is 15.8 Å². The number of nitrogen functional groups attached to an aromatic ring is 1. The summed E-state index contributed by atoms with van der Waals surface area (Å²) < 4.78 is 0. The Morgan fingerprint density at radius 1 is 1.11 bits per heavy atom. The molecule has 1 saturated carbocycles. The van der Waals surface area contributed by atoms with Gasteiger partial charge in [-0.25, -0.2) is 15.8 Å². The van der Waals surface area contributed by atoms with Crippen LogP contribution in [0.3, 0.4) is 0 Å². The van der Waals surface area contributed by atoms with Crippen LogP contribution in [0.25, 0.3) is 0 Å². The Bertz CT molecular complexity index is 458. The molecule has 0 radical (unpaired) electrons. The molecule has 1 aromatic heterocycles. The van der Waals surface area contributed by atoms with Crippen LogP contribution in [-0.2, 0) is 12.8 Å². The van der Waals surface area contributed by atoms with Crippen molar-refractivity contribution in [3.8, 4) is 0 Å². The maximum atomic E-state index is 5.68. The van der Waals surface area contributed by atoms with E-state index in [9.17, 15) is 0 Å². The maximum Gasteiger partial charge on any atom is 0.147 e. The molecule has 1 fully saturated rings. The van der Waals surface area contributed by atoms with E-state index in [-0.39, 0.29) is 0 Å². The SMILES string of the molecule is CC1CCC(c2nc3c(c(NN)n2)CCCCC3)C1. The molecule has 3 rings (SSSR count). The number of nitrogens with one attached hydrogen (secondary N) is 1. The van der Waals surface area contributed by atoms with Gasteiger partial charge >= 0.3 is 0 Å². The van der Waals surface area contributed by atoms with Crippen LogP contribution in [0.5, 0.6) is 0 Å². The lowest BCUT2D eigenvalue weighted by Gasteiger charge is -2.15. The Morgan fingerprint density at radius 3 is 2.68 bits per heavy atom. The number of rotatable bonds is 2. The number of hydrazine groups is 1. The van der Waals surface area contributed by atoms with E-state index in [1.54, 1.807) is 0 Å². The average molecular weight is 260 g/mol. The zero-order chi connectivity index (χ0) is 13.2. The first-order valence-corrected chi connectivity index (χ1v) is 7.64. The molecule has 2 atom stereocenters. The van der Waals surface area contributed by atoms with E-state index in [0.717, 1.165) is 30.4 Å². The van der Waals surface area contributed by atoms with E-state index in [1.165, 1.54) is 49.8 Å². The second kappa shape index (κ2) is 5.45. The molecule has 4 nitrogen and oxygen atoms in total. The van der Waals surface area contributed by atoms with E-state index >= 15 is 0 Å². The zero-order valence-electron chi connectivity index (χ0n) is 11.8. The van der Waals surface area contributed by atoms with Crippen molar-refractivity contribution in [2.75, 3.05) is 5.43 Å². The largest absolute Gasteiger partial charge is 0.308 e. The van der Waals surface area contributed by atoms with Crippen molar-refractivity contribution >= 4 is 5.82 Å². The standard InChI is InChI=1S/C15H24N4/c1-10-7-8-11(9-10)14-17-13-6-4-2-3-5-12(13)15(18-14)19-16/h10-11H,2-9,16H2,1H3,(H,17,18,19). The van der Waals surface area contributed by atoms with Crippen LogP contribution in [-0.4, -0.2) is 9.97 Å². The quantitative estimate of drug-likeness (QED) is 0.487. The highest BCUT2D eigenvalue weighted by Gasteiger charge is 2.27. The number of nitrogens with zero attached hydrogens (tertiary/aromatic N) is 2. The number of hydrogen-bond donors (Lipinski definition) is 2. The topological polar surface area (TPSA) is 63.8 Å². The van der Waals surface area contributed by atoms with Gasteiger partial charge in [0.2, 0.25) is 0 Å². The first-order chi connectivity index (χ1) is 9.28. The minimum Gasteiger partial charge on any atom is -0.308 e. The van der Waals surface area contributed by atoms with Gasteiger partial charge in [0.25, 0.3) is 0 Å².